The van der Waals surface area contributed by atoms with Crippen molar-refractivity contribution in [2.24, 2.45) is 0 Å². The van der Waals surface area contributed by atoms with Crippen molar-refractivity contribution in [2.45, 2.75) is 26.6 Å². The van der Waals surface area contributed by atoms with Gasteiger partial charge in [0.15, 0.2) is 5.76 Å². The van der Waals surface area contributed by atoms with Gasteiger partial charge in [-0.2, -0.15) is 10.2 Å². The Balaban J connectivity index is 1.62. The zero-order valence-electron chi connectivity index (χ0n) is 13.8. The number of aryl methyl sites for hydroxylation is 1. The van der Waals surface area contributed by atoms with Gasteiger partial charge in [0, 0.05) is 6.54 Å². The number of nitrogens with one attached hydrogen (secondary N) is 1. The van der Waals surface area contributed by atoms with Crippen molar-refractivity contribution in [2.75, 3.05) is 0 Å². The minimum absolute atomic E-state index is 0.104. The van der Waals surface area contributed by atoms with Gasteiger partial charge in [0.2, 0.25) is 0 Å². The van der Waals surface area contributed by atoms with E-state index >= 15 is 0 Å². The predicted molar refractivity (Wildman–Crippen MR) is 93.5 cm³/mol. The molecule has 0 bridgehead atoms. The van der Waals surface area contributed by atoms with Gasteiger partial charge < -0.3 is 9.73 Å². The van der Waals surface area contributed by atoms with Gasteiger partial charge in [0.05, 0.1) is 34.4 Å². The number of carbonyl (C=O) groups excluding carboxylic acids is 1. The van der Waals surface area contributed by atoms with Gasteiger partial charge in [-0.3, -0.25) is 24.3 Å². The number of aromatic nitrogens is 4. The molecule has 0 aromatic carbocycles. The van der Waals surface area contributed by atoms with Crippen molar-refractivity contribution in [1.29, 1.82) is 0 Å². The maximum Gasteiger partial charge on any atom is 0.307 e. The fourth-order valence-electron chi connectivity index (χ4n) is 2.37. The van der Waals surface area contributed by atoms with E-state index in [4.69, 9.17) is 4.42 Å². The van der Waals surface area contributed by atoms with Crippen LogP contribution in [-0.4, -0.2) is 30.4 Å². The summed E-state index contributed by atoms with van der Waals surface area (Å²) in [7, 11) is 0. The second-order valence-electron chi connectivity index (χ2n) is 5.36. The Bertz CT molecular complexity index is 944. The lowest BCUT2D eigenvalue weighted by Crippen LogP contribution is -2.24. The summed E-state index contributed by atoms with van der Waals surface area (Å²) < 4.78 is 9.47. The molecular weight excluding hydrogens is 408 g/mol. The van der Waals surface area contributed by atoms with Crippen LogP contribution in [0.1, 0.15) is 28.9 Å². The summed E-state index contributed by atoms with van der Waals surface area (Å²) in [5.41, 5.74) is 0.754. The lowest BCUT2D eigenvalue weighted by Gasteiger charge is -2.06. The fourth-order valence-corrected chi connectivity index (χ4v) is 2.80. The average molecular weight is 423 g/mol. The van der Waals surface area contributed by atoms with E-state index in [1.165, 1.54) is 10.9 Å². The number of amides is 1. The minimum atomic E-state index is -0.524. The number of furan rings is 1. The molecule has 0 saturated carbocycles. The van der Waals surface area contributed by atoms with Crippen LogP contribution in [0.15, 0.2) is 39.6 Å². The number of nitrogens with zero attached hydrogens (tertiary/aromatic N) is 5. The van der Waals surface area contributed by atoms with Gasteiger partial charge in [0.25, 0.3) is 5.91 Å². The number of halogens is 1. The zero-order valence-corrected chi connectivity index (χ0v) is 15.3. The number of hydrogen-bond acceptors (Lipinski definition) is 6. The Morgan fingerprint density at radius 1 is 1.38 bits per heavy atom. The number of hydrogen-bond donors (Lipinski definition) is 1. The molecule has 1 N–H and O–H groups in total. The molecule has 26 heavy (non-hydrogen) atoms. The van der Waals surface area contributed by atoms with Crippen LogP contribution >= 0.6 is 15.9 Å². The predicted octanol–water partition coefficient (Wildman–Crippen LogP) is 2.34. The normalized spacial score (nSPS) is 10.8. The Morgan fingerprint density at radius 3 is 2.88 bits per heavy atom. The summed E-state index contributed by atoms with van der Waals surface area (Å²) >= 11 is 3.40. The Hall–Kier alpha value is -2.95. The first kappa shape index (κ1) is 17.9. The second-order valence-corrected chi connectivity index (χ2v) is 6.21. The summed E-state index contributed by atoms with van der Waals surface area (Å²) in [5.74, 6) is 0.256. The SMILES string of the molecule is CCn1ncc(Br)c1CNC(=O)c1ccc(Cn2cc([N+](=O)[O-])cn2)o1. The summed E-state index contributed by atoms with van der Waals surface area (Å²) in [5, 5.41) is 21.5. The number of nitro groups is 1. The molecule has 11 heteroatoms. The van der Waals surface area contributed by atoms with Crippen molar-refractivity contribution in [3.63, 3.8) is 0 Å². The quantitative estimate of drug-likeness (QED) is 0.460. The van der Waals surface area contributed by atoms with Crippen molar-refractivity contribution in [1.82, 2.24) is 24.9 Å². The zero-order chi connectivity index (χ0) is 18.7. The van der Waals surface area contributed by atoms with E-state index in [0.717, 1.165) is 16.4 Å². The third-order valence-electron chi connectivity index (χ3n) is 3.65. The third-order valence-corrected chi connectivity index (χ3v) is 4.31. The summed E-state index contributed by atoms with van der Waals surface area (Å²) in [6.07, 6.45) is 4.14. The van der Waals surface area contributed by atoms with Crippen LogP contribution in [0.5, 0.6) is 0 Å². The summed E-state index contributed by atoms with van der Waals surface area (Å²) in [6, 6.07) is 3.18. The summed E-state index contributed by atoms with van der Waals surface area (Å²) in [4.78, 5) is 22.4. The molecule has 10 nitrogen and oxygen atoms in total. The second kappa shape index (κ2) is 7.52. The standard InChI is InChI=1S/C15H15BrN6O4/c1-2-21-13(12(16)6-19-21)7-17-15(23)14-4-3-11(26-14)9-20-8-10(5-18-20)22(24)25/h3-6,8H,2,7,9H2,1H3,(H,17,23). The van der Waals surface area contributed by atoms with E-state index < -0.39 is 4.92 Å². The van der Waals surface area contributed by atoms with Crippen molar-refractivity contribution in [3.05, 3.63) is 62.5 Å². The van der Waals surface area contributed by atoms with Crippen LogP contribution in [-0.2, 0) is 19.6 Å². The molecule has 0 radical (unpaired) electrons. The molecule has 3 rings (SSSR count). The molecule has 0 saturated heterocycles. The smallest absolute Gasteiger partial charge is 0.307 e. The molecule has 0 unspecified atom stereocenters. The highest BCUT2D eigenvalue weighted by Crippen LogP contribution is 2.16. The van der Waals surface area contributed by atoms with Crippen LogP contribution in [0.4, 0.5) is 5.69 Å². The van der Waals surface area contributed by atoms with Crippen molar-refractivity contribution < 1.29 is 14.1 Å². The summed E-state index contributed by atoms with van der Waals surface area (Å²) in [6.45, 7) is 3.14. The van der Waals surface area contributed by atoms with E-state index in [9.17, 15) is 14.9 Å². The molecule has 136 valence electrons. The van der Waals surface area contributed by atoms with E-state index in [1.54, 1.807) is 23.0 Å². The van der Waals surface area contributed by atoms with E-state index in [-0.39, 0.29) is 23.9 Å². The monoisotopic (exact) mass is 422 g/mol. The highest BCUT2D eigenvalue weighted by molar-refractivity contribution is 9.10. The molecular formula is C15H15BrN6O4. The maximum absolute atomic E-state index is 12.2. The van der Waals surface area contributed by atoms with E-state index in [1.807, 2.05) is 6.92 Å². The number of rotatable bonds is 7. The van der Waals surface area contributed by atoms with Gasteiger partial charge in [-0.1, -0.05) is 0 Å². The van der Waals surface area contributed by atoms with Gasteiger partial charge in [-0.15, -0.1) is 0 Å². The van der Waals surface area contributed by atoms with Crippen molar-refractivity contribution >= 4 is 27.5 Å². The highest BCUT2D eigenvalue weighted by Gasteiger charge is 2.15. The Labute approximate surface area is 156 Å². The maximum atomic E-state index is 12.2. The first-order chi connectivity index (χ1) is 12.5. The topological polar surface area (TPSA) is 121 Å². The van der Waals surface area contributed by atoms with Crippen LogP contribution in [0.2, 0.25) is 0 Å². The van der Waals surface area contributed by atoms with Gasteiger partial charge in [-0.05, 0) is 35.0 Å². The van der Waals surface area contributed by atoms with Crippen LogP contribution < -0.4 is 5.32 Å². The van der Waals surface area contributed by atoms with Gasteiger partial charge >= 0.3 is 5.69 Å². The molecule has 3 aromatic heterocycles. The van der Waals surface area contributed by atoms with Crippen LogP contribution in [0, 0.1) is 10.1 Å². The first-order valence-electron chi connectivity index (χ1n) is 7.72. The lowest BCUT2D eigenvalue weighted by molar-refractivity contribution is -0.385. The molecule has 3 heterocycles. The molecule has 0 spiro atoms. The van der Waals surface area contributed by atoms with Crippen LogP contribution in [0.3, 0.4) is 0 Å². The largest absolute Gasteiger partial charge is 0.454 e. The van der Waals surface area contributed by atoms with E-state index in [0.29, 0.717) is 18.8 Å². The molecule has 1 amide bonds. The number of carbonyl (C=O) groups is 1. The van der Waals surface area contributed by atoms with Crippen molar-refractivity contribution in [3.8, 4) is 0 Å². The average Bonchev–Trinajstić information content (AvgIpc) is 3.33. The first-order valence-corrected chi connectivity index (χ1v) is 8.51. The lowest BCUT2D eigenvalue weighted by atomic mass is 10.3. The molecule has 0 aliphatic rings. The van der Waals surface area contributed by atoms with Crippen LogP contribution in [0.25, 0.3) is 0 Å². The highest BCUT2D eigenvalue weighted by atomic mass is 79.9. The molecule has 0 atom stereocenters. The molecule has 3 aromatic rings. The molecule has 0 fully saturated rings. The minimum Gasteiger partial charge on any atom is -0.454 e. The van der Waals surface area contributed by atoms with E-state index in [2.05, 4.69) is 31.4 Å². The Kier molecular flexibility index (Phi) is 5.16. The molecule has 0 aliphatic carbocycles. The Morgan fingerprint density at radius 2 is 2.19 bits per heavy atom. The van der Waals surface area contributed by atoms with Gasteiger partial charge in [-0.25, -0.2) is 0 Å². The van der Waals surface area contributed by atoms with Gasteiger partial charge in [0.1, 0.15) is 18.2 Å². The third kappa shape index (κ3) is 3.82. The fraction of sp³-hybridized carbons (Fsp3) is 0.267. The molecule has 0 aliphatic heterocycles.